The van der Waals surface area contributed by atoms with E-state index in [-0.39, 0.29) is 0 Å². The predicted octanol–water partition coefficient (Wildman–Crippen LogP) is 0.111. The topological polar surface area (TPSA) is 81.1 Å². The number of imidazole rings is 1. The minimum atomic E-state index is -0.901. The summed E-state index contributed by atoms with van der Waals surface area (Å²) in [6, 6.07) is -0.611. The molecule has 1 aromatic heterocycles. The Hall–Kier alpha value is -1.52. The van der Waals surface area contributed by atoms with Gasteiger partial charge in [0, 0.05) is 6.20 Å². The highest BCUT2D eigenvalue weighted by Gasteiger charge is 2.12. The molecule has 5 nitrogen and oxygen atoms in total. The molecule has 3 N–H and O–H groups in total. The summed E-state index contributed by atoms with van der Waals surface area (Å²) in [5.74, 6) is -0.569. The standard InChI is InChI=1S/C6H9N3O2/c1-4(6(10)11)9-2-5(7)8-3-9/h2-4H,7H2,1H3,(H,10,11)/t4-/m0/s1. The van der Waals surface area contributed by atoms with Gasteiger partial charge in [-0.05, 0) is 6.92 Å². The van der Waals surface area contributed by atoms with Crippen LogP contribution in [0, 0.1) is 0 Å². The SMILES string of the molecule is C[C@@H](C(=O)O)n1cnc(N)c1. The van der Waals surface area contributed by atoms with Crippen LogP contribution in [-0.2, 0) is 4.79 Å². The van der Waals surface area contributed by atoms with Crippen molar-refractivity contribution in [3.8, 4) is 0 Å². The van der Waals surface area contributed by atoms with E-state index in [2.05, 4.69) is 4.98 Å². The molecule has 5 heteroatoms. The number of aliphatic carboxylic acids is 1. The molecule has 0 aliphatic carbocycles. The molecule has 1 atom stereocenters. The molecule has 0 fully saturated rings. The molecule has 0 saturated carbocycles. The first-order valence-corrected chi connectivity index (χ1v) is 3.13. The number of anilines is 1. The Labute approximate surface area is 63.5 Å². The van der Waals surface area contributed by atoms with Crippen molar-refractivity contribution < 1.29 is 9.90 Å². The van der Waals surface area contributed by atoms with Gasteiger partial charge in [0.1, 0.15) is 11.9 Å². The second-order valence-corrected chi connectivity index (χ2v) is 2.26. The fourth-order valence-electron chi connectivity index (χ4n) is 0.692. The number of hydrogen-bond acceptors (Lipinski definition) is 3. The summed E-state index contributed by atoms with van der Waals surface area (Å²) in [6.07, 6.45) is 2.88. The number of carboxylic acid groups (broad SMARTS) is 1. The van der Waals surface area contributed by atoms with Crippen molar-refractivity contribution in [1.29, 1.82) is 0 Å². The maximum Gasteiger partial charge on any atom is 0.326 e. The van der Waals surface area contributed by atoms with Crippen LogP contribution in [0.25, 0.3) is 0 Å². The van der Waals surface area contributed by atoms with Crippen molar-refractivity contribution in [2.45, 2.75) is 13.0 Å². The molecule has 11 heavy (non-hydrogen) atoms. The average Bonchev–Trinajstić information content (AvgIpc) is 2.34. The highest BCUT2D eigenvalue weighted by molar-refractivity contribution is 5.71. The molecule has 0 bridgehead atoms. The summed E-state index contributed by atoms with van der Waals surface area (Å²) in [7, 11) is 0. The third-order valence-electron chi connectivity index (χ3n) is 1.43. The first-order chi connectivity index (χ1) is 5.11. The predicted molar refractivity (Wildman–Crippen MR) is 39.0 cm³/mol. The van der Waals surface area contributed by atoms with E-state index in [4.69, 9.17) is 10.8 Å². The molecular formula is C6H9N3O2. The number of hydrogen-bond donors (Lipinski definition) is 2. The van der Waals surface area contributed by atoms with Crippen LogP contribution in [0.1, 0.15) is 13.0 Å². The lowest BCUT2D eigenvalue weighted by Crippen LogP contribution is -2.13. The third-order valence-corrected chi connectivity index (χ3v) is 1.43. The summed E-state index contributed by atoms with van der Waals surface area (Å²) in [6.45, 7) is 1.56. The van der Waals surface area contributed by atoms with Crippen molar-refractivity contribution in [2.75, 3.05) is 5.73 Å². The van der Waals surface area contributed by atoms with Crippen LogP contribution in [-0.4, -0.2) is 20.6 Å². The maximum absolute atomic E-state index is 10.4. The zero-order valence-electron chi connectivity index (χ0n) is 6.06. The summed E-state index contributed by atoms with van der Waals surface area (Å²) in [5, 5.41) is 8.56. The lowest BCUT2D eigenvalue weighted by atomic mass is 10.3. The molecule has 0 aliphatic heterocycles. The van der Waals surface area contributed by atoms with E-state index < -0.39 is 12.0 Å². The van der Waals surface area contributed by atoms with E-state index in [1.54, 1.807) is 6.92 Å². The van der Waals surface area contributed by atoms with Crippen LogP contribution < -0.4 is 5.73 Å². The highest BCUT2D eigenvalue weighted by Crippen LogP contribution is 2.06. The molecule has 1 aromatic rings. The van der Waals surface area contributed by atoms with Crippen molar-refractivity contribution in [3.05, 3.63) is 12.5 Å². The number of nitrogen functional groups attached to an aromatic ring is 1. The van der Waals surface area contributed by atoms with Crippen molar-refractivity contribution in [1.82, 2.24) is 9.55 Å². The number of nitrogens with two attached hydrogens (primary N) is 1. The zero-order chi connectivity index (χ0) is 8.43. The Morgan fingerprint density at radius 1 is 1.91 bits per heavy atom. The quantitative estimate of drug-likeness (QED) is 0.635. The van der Waals surface area contributed by atoms with Crippen LogP contribution in [0.4, 0.5) is 5.82 Å². The molecule has 0 aliphatic rings. The van der Waals surface area contributed by atoms with Crippen LogP contribution in [0.2, 0.25) is 0 Å². The molecular weight excluding hydrogens is 146 g/mol. The summed E-state index contributed by atoms with van der Waals surface area (Å²) < 4.78 is 1.44. The molecule has 1 rings (SSSR count). The monoisotopic (exact) mass is 155 g/mol. The van der Waals surface area contributed by atoms with E-state index in [1.807, 2.05) is 0 Å². The Bertz CT molecular complexity index is 269. The molecule has 0 aromatic carbocycles. The fourth-order valence-corrected chi connectivity index (χ4v) is 0.692. The Balaban J connectivity index is 2.84. The van der Waals surface area contributed by atoms with Crippen LogP contribution in [0.5, 0.6) is 0 Å². The Kier molecular flexibility index (Phi) is 1.80. The minimum Gasteiger partial charge on any atom is -0.480 e. The van der Waals surface area contributed by atoms with E-state index in [0.717, 1.165) is 0 Å². The maximum atomic E-state index is 10.4. The number of carboxylic acids is 1. The van der Waals surface area contributed by atoms with E-state index in [9.17, 15) is 4.79 Å². The summed E-state index contributed by atoms with van der Waals surface area (Å²) in [4.78, 5) is 14.1. The lowest BCUT2D eigenvalue weighted by molar-refractivity contribution is -0.140. The van der Waals surface area contributed by atoms with Crippen molar-refractivity contribution in [2.24, 2.45) is 0 Å². The zero-order valence-corrected chi connectivity index (χ0v) is 6.06. The van der Waals surface area contributed by atoms with Gasteiger partial charge in [0.15, 0.2) is 0 Å². The molecule has 0 saturated heterocycles. The molecule has 60 valence electrons. The van der Waals surface area contributed by atoms with Crippen LogP contribution in [0.15, 0.2) is 12.5 Å². The van der Waals surface area contributed by atoms with Gasteiger partial charge >= 0.3 is 5.97 Å². The average molecular weight is 155 g/mol. The van der Waals surface area contributed by atoms with Gasteiger partial charge in [-0.25, -0.2) is 9.78 Å². The van der Waals surface area contributed by atoms with Gasteiger partial charge in [-0.1, -0.05) is 0 Å². The van der Waals surface area contributed by atoms with Crippen LogP contribution in [0.3, 0.4) is 0 Å². The Morgan fingerprint density at radius 2 is 2.55 bits per heavy atom. The number of aromatic nitrogens is 2. The first-order valence-electron chi connectivity index (χ1n) is 3.13. The van der Waals surface area contributed by atoms with E-state index in [1.165, 1.54) is 17.1 Å². The molecule has 0 amide bonds. The second-order valence-electron chi connectivity index (χ2n) is 2.26. The van der Waals surface area contributed by atoms with Crippen molar-refractivity contribution >= 4 is 11.8 Å². The van der Waals surface area contributed by atoms with Crippen molar-refractivity contribution in [3.63, 3.8) is 0 Å². The van der Waals surface area contributed by atoms with Gasteiger partial charge in [0.2, 0.25) is 0 Å². The Morgan fingerprint density at radius 3 is 2.91 bits per heavy atom. The molecule has 1 heterocycles. The van der Waals surface area contributed by atoms with Gasteiger partial charge in [-0.3, -0.25) is 0 Å². The summed E-state index contributed by atoms with van der Waals surface area (Å²) in [5.41, 5.74) is 5.29. The van der Waals surface area contributed by atoms with Gasteiger partial charge in [0.25, 0.3) is 0 Å². The van der Waals surface area contributed by atoms with E-state index in [0.29, 0.717) is 5.82 Å². The van der Waals surface area contributed by atoms with Gasteiger partial charge < -0.3 is 15.4 Å². The van der Waals surface area contributed by atoms with Gasteiger partial charge in [-0.15, -0.1) is 0 Å². The first kappa shape index (κ1) is 7.59. The lowest BCUT2D eigenvalue weighted by Gasteiger charge is -2.05. The van der Waals surface area contributed by atoms with Gasteiger partial charge in [0.05, 0.1) is 6.33 Å². The van der Waals surface area contributed by atoms with Gasteiger partial charge in [-0.2, -0.15) is 0 Å². The second kappa shape index (κ2) is 2.61. The molecule has 0 spiro atoms. The number of nitrogens with zero attached hydrogens (tertiary/aromatic N) is 2. The smallest absolute Gasteiger partial charge is 0.326 e. The van der Waals surface area contributed by atoms with E-state index >= 15 is 0 Å². The minimum absolute atomic E-state index is 0.332. The largest absolute Gasteiger partial charge is 0.480 e. The normalized spacial score (nSPS) is 12.8. The number of carbonyl (C=O) groups is 1. The number of rotatable bonds is 2. The fraction of sp³-hybridized carbons (Fsp3) is 0.333. The molecule has 0 unspecified atom stereocenters. The highest BCUT2D eigenvalue weighted by atomic mass is 16.4. The van der Waals surface area contributed by atoms with Crippen LogP contribution >= 0.6 is 0 Å². The summed E-state index contributed by atoms with van der Waals surface area (Å²) >= 11 is 0. The third kappa shape index (κ3) is 1.49. The molecule has 0 radical (unpaired) electrons.